The molecule has 0 spiro atoms. The van der Waals surface area contributed by atoms with Gasteiger partial charge in [0.2, 0.25) is 0 Å². The first-order chi connectivity index (χ1) is 9.04. The number of thiocarbonyl (C=S) groups is 1. The van der Waals surface area contributed by atoms with E-state index in [-0.39, 0.29) is 16.2 Å². The van der Waals surface area contributed by atoms with Gasteiger partial charge >= 0.3 is 0 Å². The average Bonchev–Trinajstić information content (AvgIpc) is 2.81. The summed E-state index contributed by atoms with van der Waals surface area (Å²) in [5.41, 5.74) is 5.55. The molecule has 1 aromatic rings. The zero-order valence-corrected chi connectivity index (χ0v) is 11.5. The van der Waals surface area contributed by atoms with E-state index < -0.39 is 11.6 Å². The summed E-state index contributed by atoms with van der Waals surface area (Å²) >= 11 is 4.68. The summed E-state index contributed by atoms with van der Waals surface area (Å²) in [6, 6.07) is 2.96. The van der Waals surface area contributed by atoms with Crippen LogP contribution in [0.4, 0.5) is 14.5 Å². The summed E-state index contributed by atoms with van der Waals surface area (Å²) in [4.78, 5) is 1.69. The van der Waals surface area contributed by atoms with Crippen LogP contribution in [0.2, 0.25) is 0 Å². The Morgan fingerprint density at radius 3 is 2.84 bits per heavy atom. The standard InChI is InChI=1S/C13H16F2N2OS/c1-18-7-8-4-5-17(6-8)10-3-2-9(13(16)19)11(14)12(10)15/h2-3,8H,4-7H2,1H3,(H2,16,19). The number of hydrogen-bond donors (Lipinski definition) is 1. The highest BCUT2D eigenvalue weighted by Crippen LogP contribution is 2.29. The van der Waals surface area contributed by atoms with Crippen molar-refractivity contribution < 1.29 is 13.5 Å². The van der Waals surface area contributed by atoms with Crippen LogP contribution in [-0.2, 0) is 4.74 Å². The van der Waals surface area contributed by atoms with Crippen LogP contribution in [0.1, 0.15) is 12.0 Å². The molecule has 0 saturated carbocycles. The van der Waals surface area contributed by atoms with Gasteiger partial charge in [0.05, 0.1) is 12.3 Å². The third-order valence-electron chi connectivity index (χ3n) is 3.36. The van der Waals surface area contributed by atoms with Crippen LogP contribution in [0.15, 0.2) is 12.1 Å². The lowest BCUT2D eigenvalue weighted by Gasteiger charge is -2.20. The summed E-state index contributed by atoms with van der Waals surface area (Å²) in [5.74, 6) is -1.51. The minimum Gasteiger partial charge on any atom is -0.389 e. The monoisotopic (exact) mass is 286 g/mol. The Morgan fingerprint density at radius 2 is 2.21 bits per heavy atom. The van der Waals surface area contributed by atoms with E-state index >= 15 is 0 Å². The highest BCUT2D eigenvalue weighted by atomic mass is 32.1. The first-order valence-corrected chi connectivity index (χ1v) is 6.47. The second kappa shape index (κ2) is 5.79. The van der Waals surface area contributed by atoms with Crippen molar-refractivity contribution in [3.05, 3.63) is 29.3 Å². The smallest absolute Gasteiger partial charge is 0.182 e. The highest BCUT2D eigenvalue weighted by Gasteiger charge is 2.26. The maximum absolute atomic E-state index is 14.0. The number of benzene rings is 1. The minimum atomic E-state index is -0.972. The van der Waals surface area contributed by atoms with Gasteiger partial charge in [0.25, 0.3) is 0 Å². The number of nitrogens with zero attached hydrogens (tertiary/aromatic N) is 1. The van der Waals surface area contributed by atoms with Crippen molar-refractivity contribution in [2.24, 2.45) is 11.7 Å². The Labute approximate surface area is 116 Å². The molecule has 3 nitrogen and oxygen atoms in total. The van der Waals surface area contributed by atoms with E-state index in [0.29, 0.717) is 25.6 Å². The first kappa shape index (κ1) is 14.1. The molecular formula is C13H16F2N2OS. The molecule has 1 unspecified atom stereocenters. The molecule has 1 saturated heterocycles. The molecule has 6 heteroatoms. The third kappa shape index (κ3) is 2.84. The Morgan fingerprint density at radius 1 is 1.47 bits per heavy atom. The topological polar surface area (TPSA) is 38.5 Å². The van der Waals surface area contributed by atoms with Crippen LogP contribution >= 0.6 is 12.2 Å². The lowest BCUT2D eigenvalue weighted by Crippen LogP contribution is -2.23. The fourth-order valence-electron chi connectivity index (χ4n) is 2.40. The van der Waals surface area contributed by atoms with Crippen LogP contribution in [-0.4, -0.2) is 31.8 Å². The molecule has 2 rings (SSSR count). The SMILES string of the molecule is COCC1CCN(c2ccc(C(N)=S)c(F)c2F)C1. The lowest BCUT2D eigenvalue weighted by molar-refractivity contribution is 0.161. The Hall–Kier alpha value is -1.27. The van der Waals surface area contributed by atoms with Crippen LogP contribution < -0.4 is 10.6 Å². The molecule has 1 aliphatic rings. The Kier molecular flexibility index (Phi) is 4.31. The molecule has 104 valence electrons. The molecule has 1 fully saturated rings. The second-order valence-electron chi connectivity index (χ2n) is 4.68. The van der Waals surface area contributed by atoms with Crippen molar-refractivity contribution in [1.82, 2.24) is 0 Å². The number of halogens is 2. The van der Waals surface area contributed by atoms with E-state index in [1.807, 2.05) is 4.90 Å². The normalized spacial score (nSPS) is 18.9. The number of methoxy groups -OCH3 is 1. The van der Waals surface area contributed by atoms with Gasteiger partial charge in [0, 0.05) is 31.7 Å². The molecule has 1 aliphatic heterocycles. The number of ether oxygens (including phenoxy) is 1. The Bertz CT molecular complexity index is 496. The maximum atomic E-state index is 14.0. The third-order valence-corrected chi connectivity index (χ3v) is 3.58. The highest BCUT2D eigenvalue weighted by molar-refractivity contribution is 7.80. The van der Waals surface area contributed by atoms with Gasteiger partial charge < -0.3 is 15.4 Å². The van der Waals surface area contributed by atoms with E-state index in [9.17, 15) is 8.78 Å². The Balaban J connectivity index is 2.23. The van der Waals surface area contributed by atoms with Gasteiger partial charge in [0.15, 0.2) is 11.6 Å². The van der Waals surface area contributed by atoms with Crippen LogP contribution in [0.5, 0.6) is 0 Å². The number of anilines is 1. The zero-order chi connectivity index (χ0) is 14.0. The van der Waals surface area contributed by atoms with E-state index in [1.165, 1.54) is 12.1 Å². The number of rotatable bonds is 4. The largest absolute Gasteiger partial charge is 0.389 e. The van der Waals surface area contributed by atoms with Crippen LogP contribution in [0.25, 0.3) is 0 Å². The molecule has 1 heterocycles. The molecule has 0 bridgehead atoms. The van der Waals surface area contributed by atoms with Gasteiger partial charge in [-0.15, -0.1) is 0 Å². The lowest BCUT2D eigenvalue weighted by atomic mass is 10.1. The number of nitrogens with two attached hydrogens (primary N) is 1. The summed E-state index contributed by atoms with van der Waals surface area (Å²) in [6.07, 6.45) is 0.909. The quantitative estimate of drug-likeness (QED) is 0.860. The van der Waals surface area contributed by atoms with Crippen molar-refractivity contribution >= 4 is 22.9 Å². The van der Waals surface area contributed by atoms with Crippen molar-refractivity contribution in [2.75, 3.05) is 31.7 Å². The van der Waals surface area contributed by atoms with E-state index in [2.05, 4.69) is 12.2 Å². The summed E-state index contributed by atoms with van der Waals surface area (Å²) in [7, 11) is 1.64. The molecule has 1 atom stereocenters. The van der Waals surface area contributed by atoms with E-state index in [0.717, 1.165) is 6.42 Å². The van der Waals surface area contributed by atoms with Gasteiger partial charge in [-0.1, -0.05) is 12.2 Å². The maximum Gasteiger partial charge on any atom is 0.182 e. The average molecular weight is 286 g/mol. The van der Waals surface area contributed by atoms with Crippen molar-refractivity contribution in [2.45, 2.75) is 6.42 Å². The first-order valence-electron chi connectivity index (χ1n) is 6.06. The van der Waals surface area contributed by atoms with Crippen LogP contribution in [0.3, 0.4) is 0 Å². The second-order valence-corrected chi connectivity index (χ2v) is 5.12. The van der Waals surface area contributed by atoms with Crippen molar-refractivity contribution in [1.29, 1.82) is 0 Å². The molecule has 0 radical (unpaired) electrons. The van der Waals surface area contributed by atoms with Gasteiger partial charge in [0.1, 0.15) is 4.99 Å². The van der Waals surface area contributed by atoms with Gasteiger partial charge in [-0.3, -0.25) is 0 Å². The van der Waals surface area contributed by atoms with Crippen molar-refractivity contribution in [3.63, 3.8) is 0 Å². The van der Waals surface area contributed by atoms with E-state index in [4.69, 9.17) is 10.5 Å². The van der Waals surface area contributed by atoms with Gasteiger partial charge in [-0.25, -0.2) is 8.78 Å². The molecule has 0 aliphatic carbocycles. The van der Waals surface area contributed by atoms with E-state index in [1.54, 1.807) is 7.11 Å². The zero-order valence-electron chi connectivity index (χ0n) is 10.7. The summed E-state index contributed by atoms with van der Waals surface area (Å²) in [5, 5.41) is 0. The van der Waals surface area contributed by atoms with Gasteiger partial charge in [-0.2, -0.15) is 0 Å². The summed E-state index contributed by atoms with van der Waals surface area (Å²) in [6.45, 7) is 1.99. The number of hydrogen-bond acceptors (Lipinski definition) is 3. The molecular weight excluding hydrogens is 270 g/mol. The predicted molar refractivity (Wildman–Crippen MR) is 74.4 cm³/mol. The molecule has 0 aromatic heterocycles. The molecule has 1 aromatic carbocycles. The van der Waals surface area contributed by atoms with Crippen molar-refractivity contribution in [3.8, 4) is 0 Å². The molecule has 0 amide bonds. The minimum absolute atomic E-state index is 0.0520. The van der Waals surface area contributed by atoms with Crippen LogP contribution in [0, 0.1) is 17.6 Å². The fraction of sp³-hybridized carbons (Fsp3) is 0.462. The van der Waals surface area contributed by atoms with Gasteiger partial charge in [-0.05, 0) is 18.6 Å². The predicted octanol–water partition coefficient (Wildman–Crippen LogP) is 2.07. The molecule has 19 heavy (non-hydrogen) atoms. The fourth-order valence-corrected chi connectivity index (χ4v) is 2.55. The molecule has 2 N–H and O–H groups in total. The summed E-state index contributed by atoms with van der Waals surface area (Å²) < 4.78 is 32.9.